The predicted octanol–water partition coefficient (Wildman–Crippen LogP) is 5.14. The molecule has 0 heterocycles. The highest BCUT2D eigenvalue weighted by Crippen LogP contribution is 2.31. The van der Waals surface area contributed by atoms with Crippen LogP contribution in [-0.2, 0) is 26.2 Å². The van der Waals surface area contributed by atoms with Gasteiger partial charge in [-0.3, -0.25) is 13.9 Å². The number of rotatable bonds is 12. The maximum absolute atomic E-state index is 13.3. The number of anilines is 1. The third-order valence-electron chi connectivity index (χ3n) is 5.36. The van der Waals surface area contributed by atoms with E-state index in [4.69, 9.17) is 34.8 Å². The summed E-state index contributed by atoms with van der Waals surface area (Å²) in [4.78, 5) is 27.6. The first-order valence-electron chi connectivity index (χ1n) is 11.2. The molecule has 2 aromatic rings. The molecule has 0 aliphatic heterocycles. The first kappa shape index (κ1) is 29.2. The summed E-state index contributed by atoms with van der Waals surface area (Å²) in [6, 6.07) is 11.0. The van der Waals surface area contributed by atoms with Crippen LogP contribution in [0.4, 0.5) is 5.69 Å². The lowest BCUT2D eigenvalue weighted by Gasteiger charge is -2.31. The molecule has 0 saturated carbocycles. The van der Waals surface area contributed by atoms with Crippen molar-refractivity contribution in [1.29, 1.82) is 0 Å². The molecule has 0 aliphatic rings. The molecule has 7 nitrogen and oxygen atoms in total. The van der Waals surface area contributed by atoms with E-state index in [1.54, 1.807) is 24.3 Å². The van der Waals surface area contributed by atoms with Gasteiger partial charge in [-0.2, -0.15) is 0 Å². The molecule has 2 aromatic carbocycles. The monoisotopic (exact) mass is 561 g/mol. The van der Waals surface area contributed by atoms with E-state index in [0.29, 0.717) is 28.6 Å². The minimum atomic E-state index is -3.69. The van der Waals surface area contributed by atoms with Crippen molar-refractivity contribution < 1.29 is 18.0 Å². The molecule has 1 atom stereocenters. The van der Waals surface area contributed by atoms with E-state index in [9.17, 15) is 18.0 Å². The maximum Gasteiger partial charge on any atom is 0.242 e. The molecule has 0 fully saturated rings. The van der Waals surface area contributed by atoms with E-state index < -0.39 is 16.1 Å². The summed E-state index contributed by atoms with van der Waals surface area (Å²) < 4.78 is 26.1. The van der Waals surface area contributed by atoms with Gasteiger partial charge in [0, 0.05) is 36.1 Å². The molecule has 0 bridgehead atoms. The summed E-state index contributed by atoms with van der Waals surface area (Å²) in [6.07, 6.45) is 1.71. The molecule has 35 heavy (non-hydrogen) atoms. The van der Waals surface area contributed by atoms with Crippen molar-refractivity contribution in [3.8, 4) is 0 Å². The van der Waals surface area contributed by atoms with Crippen molar-refractivity contribution >= 4 is 62.3 Å². The van der Waals surface area contributed by atoms with Gasteiger partial charge in [-0.05, 0) is 49.6 Å². The molecule has 11 heteroatoms. The van der Waals surface area contributed by atoms with E-state index in [1.807, 2.05) is 19.9 Å². The highest BCUT2D eigenvalue weighted by atomic mass is 35.5. The normalized spacial score (nSPS) is 12.2. The first-order valence-corrected chi connectivity index (χ1v) is 14.2. The zero-order valence-electron chi connectivity index (χ0n) is 19.9. The van der Waals surface area contributed by atoms with E-state index in [-0.39, 0.29) is 48.5 Å². The summed E-state index contributed by atoms with van der Waals surface area (Å²) in [6.45, 7) is 4.25. The van der Waals surface area contributed by atoms with Gasteiger partial charge in [-0.1, -0.05) is 59.9 Å². The van der Waals surface area contributed by atoms with Crippen LogP contribution in [0.3, 0.4) is 0 Å². The molecule has 0 aliphatic carbocycles. The van der Waals surface area contributed by atoms with E-state index in [0.717, 1.165) is 10.6 Å². The number of amides is 2. The fourth-order valence-corrected chi connectivity index (χ4v) is 5.28. The second-order valence-corrected chi connectivity index (χ2v) is 11.1. The smallest absolute Gasteiger partial charge is 0.242 e. The molecule has 192 valence electrons. The summed E-state index contributed by atoms with van der Waals surface area (Å²) in [5.74, 6) is -0.535. The van der Waals surface area contributed by atoms with E-state index in [1.165, 1.54) is 17.0 Å². The number of carbonyl (C=O) groups is 2. The van der Waals surface area contributed by atoms with E-state index >= 15 is 0 Å². The second-order valence-electron chi connectivity index (χ2n) is 7.97. The number of hydrogen-bond donors (Lipinski definition) is 1. The average Bonchev–Trinajstić information content (AvgIpc) is 2.79. The predicted molar refractivity (Wildman–Crippen MR) is 143 cm³/mol. The van der Waals surface area contributed by atoms with E-state index in [2.05, 4.69) is 5.32 Å². The number of benzene rings is 2. The van der Waals surface area contributed by atoms with Crippen molar-refractivity contribution in [2.24, 2.45) is 0 Å². The maximum atomic E-state index is 13.3. The Morgan fingerprint density at radius 1 is 1.03 bits per heavy atom. The van der Waals surface area contributed by atoms with Gasteiger partial charge >= 0.3 is 0 Å². The van der Waals surface area contributed by atoms with Crippen LogP contribution < -0.4 is 9.62 Å². The first-order chi connectivity index (χ1) is 16.5. The Labute approximate surface area is 222 Å². The Balaban J connectivity index is 2.25. The van der Waals surface area contributed by atoms with Crippen molar-refractivity contribution in [3.63, 3.8) is 0 Å². The number of sulfonamides is 1. The lowest BCUT2D eigenvalue weighted by molar-refractivity contribution is -0.141. The van der Waals surface area contributed by atoms with Crippen LogP contribution in [0.15, 0.2) is 42.5 Å². The largest absolute Gasteiger partial charge is 0.355 e. The number of nitrogens with zero attached hydrogens (tertiary/aromatic N) is 2. The fourth-order valence-electron chi connectivity index (χ4n) is 3.68. The second kappa shape index (κ2) is 13.3. The highest BCUT2D eigenvalue weighted by molar-refractivity contribution is 7.92. The van der Waals surface area contributed by atoms with Gasteiger partial charge in [0.05, 0.1) is 17.0 Å². The summed E-state index contributed by atoms with van der Waals surface area (Å²) >= 11 is 18.6. The van der Waals surface area contributed by atoms with Crippen LogP contribution in [-0.4, -0.2) is 50.5 Å². The quantitative estimate of drug-likeness (QED) is 0.388. The number of carbonyl (C=O) groups excluding carboxylic acids is 2. The van der Waals surface area contributed by atoms with Crippen LogP contribution in [0.1, 0.15) is 38.7 Å². The van der Waals surface area contributed by atoms with Crippen LogP contribution in [0, 0.1) is 0 Å². The SMILES string of the molecule is CCNC(=O)[C@H](CC)N(Cc1ccccc1Cl)C(=O)CCCN(c1cc(Cl)ccc1Cl)S(C)(=O)=O. The fraction of sp³-hybridized carbons (Fsp3) is 0.417. The summed E-state index contributed by atoms with van der Waals surface area (Å²) in [7, 11) is -3.69. The van der Waals surface area contributed by atoms with Crippen molar-refractivity contribution in [3.05, 3.63) is 63.1 Å². The Hall–Kier alpha value is -2.00. The third kappa shape index (κ3) is 8.27. The topological polar surface area (TPSA) is 86.8 Å². The molecule has 1 N–H and O–H groups in total. The summed E-state index contributed by atoms with van der Waals surface area (Å²) in [5, 5.41) is 3.85. The third-order valence-corrected chi connectivity index (χ3v) is 7.47. The number of halogens is 3. The number of likely N-dealkylation sites (N-methyl/N-ethyl adjacent to an activating group) is 1. The molecule has 0 saturated heterocycles. The van der Waals surface area contributed by atoms with Crippen molar-refractivity contribution in [2.45, 2.75) is 45.7 Å². The van der Waals surface area contributed by atoms with Crippen LogP contribution in [0.2, 0.25) is 15.1 Å². The lowest BCUT2D eigenvalue weighted by Crippen LogP contribution is -2.49. The Kier molecular flexibility index (Phi) is 11.1. The molecule has 2 amide bonds. The molecular formula is C24H30Cl3N3O4S. The molecular weight excluding hydrogens is 533 g/mol. The Morgan fingerprint density at radius 2 is 1.71 bits per heavy atom. The van der Waals surface area contributed by atoms with Gasteiger partial charge in [0.25, 0.3) is 0 Å². The Bertz CT molecular complexity index is 1140. The Morgan fingerprint density at radius 3 is 2.31 bits per heavy atom. The minimum absolute atomic E-state index is 0.0164. The van der Waals surface area contributed by atoms with Gasteiger partial charge in [0.2, 0.25) is 21.8 Å². The van der Waals surface area contributed by atoms with Crippen LogP contribution >= 0.6 is 34.8 Å². The van der Waals surface area contributed by atoms with Crippen molar-refractivity contribution in [2.75, 3.05) is 23.7 Å². The minimum Gasteiger partial charge on any atom is -0.355 e. The van der Waals surface area contributed by atoms with Crippen molar-refractivity contribution in [1.82, 2.24) is 10.2 Å². The van der Waals surface area contributed by atoms with Gasteiger partial charge in [-0.15, -0.1) is 0 Å². The molecule has 2 rings (SSSR count). The van der Waals surface area contributed by atoms with Gasteiger partial charge in [-0.25, -0.2) is 8.42 Å². The zero-order chi connectivity index (χ0) is 26.2. The highest BCUT2D eigenvalue weighted by Gasteiger charge is 2.29. The number of hydrogen-bond acceptors (Lipinski definition) is 4. The van der Waals surface area contributed by atoms with Gasteiger partial charge in [0.15, 0.2) is 0 Å². The standard InChI is InChI=1S/C24H30Cl3N3O4S/c1-4-21(24(32)28-5-2)29(16-17-9-6-7-10-19(17)26)23(31)11-8-14-30(35(3,33)34)22-15-18(25)12-13-20(22)27/h6-7,9-10,12-13,15,21H,4-5,8,11,14,16H2,1-3H3,(H,28,32)/t21-/m0/s1. The molecule has 0 radical (unpaired) electrons. The molecule has 0 aromatic heterocycles. The molecule has 0 unspecified atom stereocenters. The number of nitrogens with one attached hydrogen (secondary N) is 1. The zero-order valence-corrected chi connectivity index (χ0v) is 23.0. The van der Waals surface area contributed by atoms with Crippen LogP contribution in [0.5, 0.6) is 0 Å². The van der Waals surface area contributed by atoms with Gasteiger partial charge in [0.1, 0.15) is 6.04 Å². The summed E-state index contributed by atoms with van der Waals surface area (Å²) in [5.41, 5.74) is 0.963. The van der Waals surface area contributed by atoms with Crippen LogP contribution in [0.25, 0.3) is 0 Å². The average molecular weight is 563 g/mol. The van der Waals surface area contributed by atoms with Gasteiger partial charge < -0.3 is 10.2 Å². The lowest BCUT2D eigenvalue weighted by atomic mass is 10.1. The molecule has 0 spiro atoms.